The van der Waals surface area contributed by atoms with Crippen LogP contribution in [0.1, 0.15) is 36.4 Å². The van der Waals surface area contributed by atoms with Crippen molar-refractivity contribution >= 4 is 42.1 Å². The first-order chi connectivity index (χ1) is 8.65. The van der Waals surface area contributed by atoms with Crippen molar-refractivity contribution in [1.82, 2.24) is 10.3 Å². The van der Waals surface area contributed by atoms with E-state index < -0.39 is 0 Å². The molecule has 1 aromatic rings. The summed E-state index contributed by atoms with van der Waals surface area (Å²) >= 11 is 1.65. The maximum absolute atomic E-state index is 12.0. The standard InChI is InChI=1S/C13H21N3OS.2ClH/c1-9-16-12(8-18-9)5-6-15-13(17)10-3-2-4-11(14)7-10;;/h8,10-11H,2-7,14H2,1H3,(H,15,17);2*1H. The van der Waals surface area contributed by atoms with E-state index in [-0.39, 0.29) is 42.7 Å². The lowest BCUT2D eigenvalue weighted by Crippen LogP contribution is -2.38. The quantitative estimate of drug-likeness (QED) is 0.885. The van der Waals surface area contributed by atoms with Gasteiger partial charge in [0.15, 0.2) is 0 Å². The van der Waals surface area contributed by atoms with Gasteiger partial charge in [0.25, 0.3) is 0 Å². The molecule has 0 radical (unpaired) electrons. The number of carbonyl (C=O) groups excluding carboxylic acids is 1. The topological polar surface area (TPSA) is 68.0 Å². The van der Waals surface area contributed by atoms with E-state index in [1.807, 2.05) is 6.92 Å². The molecule has 1 aliphatic carbocycles. The Bertz CT molecular complexity index is 414. The average Bonchev–Trinajstić information content (AvgIpc) is 2.75. The Labute approximate surface area is 136 Å². The van der Waals surface area contributed by atoms with E-state index in [0.29, 0.717) is 6.54 Å². The van der Waals surface area contributed by atoms with Gasteiger partial charge in [-0.25, -0.2) is 4.98 Å². The Morgan fingerprint density at radius 3 is 2.85 bits per heavy atom. The van der Waals surface area contributed by atoms with E-state index in [0.717, 1.165) is 42.8 Å². The van der Waals surface area contributed by atoms with Crippen LogP contribution >= 0.6 is 36.2 Å². The zero-order valence-corrected chi connectivity index (χ0v) is 14.1. The first-order valence-corrected chi connectivity index (χ1v) is 7.47. The molecule has 1 amide bonds. The lowest BCUT2D eigenvalue weighted by atomic mass is 9.85. The van der Waals surface area contributed by atoms with Gasteiger partial charge in [-0.15, -0.1) is 36.2 Å². The van der Waals surface area contributed by atoms with Crippen LogP contribution in [-0.2, 0) is 11.2 Å². The highest BCUT2D eigenvalue weighted by molar-refractivity contribution is 7.09. The largest absolute Gasteiger partial charge is 0.355 e. The highest BCUT2D eigenvalue weighted by Gasteiger charge is 2.24. The summed E-state index contributed by atoms with van der Waals surface area (Å²) in [6, 6.07) is 0.204. The second kappa shape index (κ2) is 9.55. The molecule has 7 heteroatoms. The van der Waals surface area contributed by atoms with Crippen LogP contribution in [0, 0.1) is 12.8 Å². The Morgan fingerprint density at radius 2 is 2.25 bits per heavy atom. The molecule has 0 bridgehead atoms. The Morgan fingerprint density at radius 1 is 1.50 bits per heavy atom. The monoisotopic (exact) mass is 339 g/mol. The maximum Gasteiger partial charge on any atom is 0.223 e. The Kier molecular flexibility index (Phi) is 9.38. The molecule has 0 aliphatic heterocycles. The molecule has 1 heterocycles. The van der Waals surface area contributed by atoms with Gasteiger partial charge in [0.05, 0.1) is 10.7 Å². The number of carbonyl (C=O) groups is 1. The fraction of sp³-hybridized carbons (Fsp3) is 0.692. The van der Waals surface area contributed by atoms with Gasteiger partial charge in [-0.1, -0.05) is 6.42 Å². The summed E-state index contributed by atoms with van der Waals surface area (Å²) < 4.78 is 0. The minimum Gasteiger partial charge on any atom is -0.355 e. The zero-order chi connectivity index (χ0) is 13.0. The number of hydrogen-bond donors (Lipinski definition) is 2. The van der Waals surface area contributed by atoms with Crippen molar-refractivity contribution in [3.05, 3.63) is 16.1 Å². The van der Waals surface area contributed by atoms with Crippen LogP contribution in [0.15, 0.2) is 5.38 Å². The first-order valence-electron chi connectivity index (χ1n) is 6.59. The Balaban J connectivity index is 0.00000180. The minimum atomic E-state index is 0. The van der Waals surface area contributed by atoms with E-state index in [2.05, 4.69) is 15.7 Å². The first kappa shape index (κ1) is 19.6. The molecule has 0 aromatic carbocycles. The molecule has 0 spiro atoms. The van der Waals surface area contributed by atoms with Gasteiger partial charge in [0, 0.05) is 30.3 Å². The van der Waals surface area contributed by atoms with Crippen LogP contribution in [-0.4, -0.2) is 23.5 Å². The second-order valence-corrected chi connectivity index (χ2v) is 6.08. The van der Waals surface area contributed by atoms with E-state index >= 15 is 0 Å². The fourth-order valence-electron chi connectivity index (χ4n) is 2.45. The fourth-order valence-corrected chi connectivity index (χ4v) is 3.09. The number of nitrogens with zero attached hydrogens (tertiary/aromatic N) is 1. The third kappa shape index (κ3) is 5.95. The van der Waals surface area contributed by atoms with Crippen molar-refractivity contribution < 1.29 is 4.79 Å². The van der Waals surface area contributed by atoms with Crippen molar-refractivity contribution in [2.24, 2.45) is 11.7 Å². The smallest absolute Gasteiger partial charge is 0.223 e. The lowest BCUT2D eigenvalue weighted by Gasteiger charge is -2.25. The van der Waals surface area contributed by atoms with Crippen LogP contribution < -0.4 is 11.1 Å². The molecular formula is C13H23Cl2N3OS. The van der Waals surface area contributed by atoms with Crippen LogP contribution in [0.2, 0.25) is 0 Å². The number of amides is 1. The summed E-state index contributed by atoms with van der Waals surface area (Å²) in [5.41, 5.74) is 6.96. The molecule has 1 aromatic heterocycles. The lowest BCUT2D eigenvalue weighted by molar-refractivity contribution is -0.126. The van der Waals surface area contributed by atoms with Crippen molar-refractivity contribution in [2.45, 2.75) is 45.1 Å². The van der Waals surface area contributed by atoms with Gasteiger partial charge in [-0.3, -0.25) is 4.79 Å². The molecule has 1 aliphatic rings. The van der Waals surface area contributed by atoms with E-state index in [1.54, 1.807) is 11.3 Å². The molecule has 2 rings (SSSR count). The van der Waals surface area contributed by atoms with Gasteiger partial charge in [0.2, 0.25) is 5.91 Å². The minimum absolute atomic E-state index is 0. The number of aromatic nitrogens is 1. The van der Waals surface area contributed by atoms with Gasteiger partial charge >= 0.3 is 0 Å². The van der Waals surface area contributed by atoms with E-state index in [4.69, 9.17) is 5.73 Å². The summed E-state index contributed by atoms with van der Waals surface area (Å²) in [7, 11) is 0. The molecule has 116 valence electrons. The van der Waals surface area contributed by atoms with Crippen molar-refractivity contribution in [3.63, 3.8) is 0 Å². The van der Waals surface area contributed by atoms with E-state index in [1.165, 1.54) is 0 Å². The van der Waals surface area contributed by atoms with Crippen LogP contribution in [0.25, 0.3) is 0 Å². The third-order valence-corrected chi connectivity index (χ3v) is 4.25. The molecule has 20 heavy (non-hydrogen) atoms. The van der Waals surface area contributed by atoms with Gasteiger partial charge in [-0.2, -0.15) is 0 Å². The van der Waals surface area contributed by atoms with Gasteiger partial charge in [-0.05, 0) is 26.2 Å². The number of thiazole rings is 1. The van der Waals surface area contributed by atoms with Crippen molar-refractivity contribution in [1.29, 1.82) is 0 Å². The predicted octanol–water partition coefficient (Wildman–Crippen LogP) is 2.47. The van der Waals surface area contributed by atoms with Crippen molar-refractivity contribution in [2.75, 3.05) is 6.54 Å². The summed E-state index contributed by atoms with van der Waals surface area (Å²) in [6.07, 6.45) is 4.76. The van der Waals surface area contributed by atoms with Crippen LogP contribution in [0.4, 0.5) is 0 Å². The number of nitrogens with one attached hydrogen (secondary N) is 1. The highest BCUT2D eigenvalue weighted by atomic mass is 35.5. The van der Waals surface area contributed by atoms with Crippen molar-refractivity contribution in [3.8, 4) is 0 Å². The summed E-state index contributed by atoms with van der Waals surface area (Å²) in [5.74, 6) is 0.281. The number of aryl methyl sites for hydroxylation is 1. The second-order valence-electron chi connectivity index (χ2n) is 5.02. The molecule has 2 atom stereocenters. The molecule has 3 N–H and O–H groups in total. The molecule has 2 unspecified atom stereocenters. The molecule has 1 fully saturated rings. The third-order valence-electron chi connectivity index (χ3n) is 3.43. The summed E-state index contributed by atoms with van der Waals surface area (Å²) in [5, 5.41) is 6.13. The molecule has 1 saturated carbocycles. The van der Waals surface area contributed by atoms with Crippen LogP contribution in [0.3, 0.4) is 0 Å². The number of hydrogen-bond acceptors (Lipinski definition) is 4. The average molecular weight is 340 g/mol. The van der Waals surface area contributed by atoms with Gasteiger partial charge in [0.1, 0.15) is 0 Å². The summed E-state index contributed by atoms with van der Waals surface area (Å²) in [6.45, 7) is 2.67. The zero-order valence-electron chi connectivity index (χ0n) is 11.6. The normalized spacial score (nSPS) is 21.5. The van der Waals surface area contributed by atoms with Gasteiger partial charge < -0.3 is 11.1 Å². The number of halogens is 2. The number of rotatable bonds is 4. The van der Waals surface area contributed by atoms with E-state index in [9.17, 15) is 4.79 Å². The SMILES string of the molecule is Cc1nc(CCNC(=O)C2CCCC(N)C2)cs1.Cl.Cl. The molecular weight excluding hydrogens is 317 g/mol. The highest BCUT2D eigenvalue weighted by Crippen LogP contribution is 2.23. The predicted molar refractivity (Wildman–Crippen MR) is 88.0 cm³/mol. The number of nitrogens with two attached hydrogens (primary N) is 1. The maximum atomic E-state index is 12.0. The molecule has 4 nitrogen and oxygen atoms in total. The Hall–Kier alpha value is -0.360. The molecule has 0 saturated heterocycles. The summed E-state index contributed by atoms with van der Waals surface area (Å²) in [4.78, 5) is 16.3. The van der Waals surface area contributed by atoms with Crippen LogP contribution in [0.5, 0.6) is 0 Å².